The van der Waals surface area contributed by atoms with E-state index in [-0.39, 0.29) is 12.1 Å². The summed E-state index contributed by atoms with van der Waals surface area (Å²) in [5, 5.41) is 5.71. The van der Waals surface area contributed by atoms with Crippen LogP contribution in [0.3, 0.4) is 0 Å². The monoisotopic (exact) mass is 327 g/mol. The second-order valence-electron chi connectivity index (χ2n) is 5.91. The number of carbonyl (C=O) groups is 1. The number of methoxy groups -OCH3 is 1. The number of aryl methyl sites for hydroxylation is 2. The summed E-state index contributed by atoms with van der Waals surface area (Å²) in [6.45, 7) is 6.57. The van der Waals surface area contributed by atoms with Crippen LogP contribution in [0.25, 0.3) is 0 Å². The SMILES string of the molecule is COC(C)c1cccc(NC(=O)NCCc2ncc(C)cc2C)c1. The topological polar surface area (TPSA) is 63.2 Å². The molecule has 0 saturated heterocycles. The Balaban J connectivity index is 1.85. The van der Waals surface area contributed by atoms with Crippen LogP contribution in [0.2, 0.25) is 0 Å². The third-order valence-electron chi connectivity index (χ3n) is 3.94. The van der Waals surface area contributed by atoms with Gasteiger partial charge in [0.05, 0.1) is 6.10 Å². The minimum Gasteiger partial charge on any atom is -0.377 e. The lowest BCUT2D eigenvalue weighted by Gasteiger charge is -2.12. The number of anilines is 1. The highest BCUT2D eigenvalue weighted by molar-refractivity contribution is 5.89. The van der Waals surface area contributed by atoms with Crippen molar-refractivity contribution >= 4 is 11.7 Å². The molecule has 128 valence electrons. The van der Waals surface area contributed by atoms with Crippen molar-refractivity contribution in [3.8, 4) is 0 Å². The third-order valence-corrected chi connectivity index (χ3v) is 3.94. The Morgan fingerprint density at radius 1 is 1.29 bits per heavy atom. The van der Waals surface area contributed by atoms with Crippen molar-refractivity contribution in [1.29, 1.82) is 0 Å². The third kappa shape index (κ3) is 5.06. The average molecular weight is 327 g/mol. The first-order valence-electron chi connectivity index (χ1n) is 8.09. The number of carbonyl (C=O) groups excluding carboxylic acids is 1. The summed E-state index contributed by atoms with van der Waals surface area (Å²) in [6.07, 6.45) is 2.55. The molecule has 5 heteroatoms. The number of nitrogens with zero attached hydrogens (tertiary/aromatic N) is 1. The molecule has 24 heavy (non-hydrogen) atoms. The number of hydrogen-bond donors (Lipinski definition) is 2. The molecule has 0 saturated carbocycles. The number of aromatic nitrogens is 1. The zero-order valence-corrected chi connectivity index (χ0v) is 14.7. The van der Waals surface area contributed by atoms with Crippen LogP contribution in [0.15, 0.2) is 36.5 Å². The van der Waals surface area contributed by atoms with Gasteiger partial charge in [-0.2, -0.15) is 0 Å². The van der Waals surface area contributed by atoms with Gasteiger partial charge in [-0.15, -0.1) is 0 Å². The van der Waals surface area contributed by atoms with Gasteiger partial charge in [-0.3, -0.25) is 4.98 Å². The number of pyridine rings is 1. The minimum atomic E-state index is -0.220. The van der Waals surface area contributed by atoms with Crippen molar-refractivity contribution in [3.05, 3.63) is 58.9 Å². The Hall–Kier alpha value is -2.40. The quantitative estimate of drug-likeness (QED) is 0.849. The van der Waals surface area contributed by atoms with Crippen molar-refractivity contribution in [3.63, 3.8) is 0 Å². The van der Waals surface area contributed by atoms with Gasteiger partial charge in [-0.05, 0) is 49.6 Å². The summed E-state index contributed by atoms with van der Waals surface area (Å²) in [5.41, 5.74) is 5.08. The largest absolute Gasteiger partial charge is 0.377 e. The predicted octanol–water partition coefficient (Wildman–Crippen LogP) is 3.77. The van der Waals surface area contributed by atoms with E-state index < -0.39 is 0 Å². The Kier molecular flexibility index (Phi) is 6.32. The average Bonchev–Trinajstić information content (AvgIpc) is 2.56. The standard InChI is InChI=1S/C19H25N3O2/c1-13-10-14(2)18(21-12-13)8-9-20-19(23)22-17-7-5-6-16(11-17)15(3)24-4/h5-7,10-12,15H,8-9H2,1-4H3,(H2,20,22,23). The van der Waals surface area contributed by atoms with Gasteiger partial charge in [0.25, 0.3) is 0 Å². The Bertz CT molecular complexity index is 701. The van der Waals surface area contributed by atoms with E-state index in [1.54, 1.807) is 7.11 Å². The summed E-state index contributed by atoms with van der Waals surface area (Å²) < 4.78 is 5.29. The zero-order chi connectivity index (χ0) is 17.5. The Morgan fingerprint density at radius 3 is 2.79 bits per heavy atom. The maximum absolute atomic E-state index is 12.0. The zero-order valence-electron chi connectivity index (χ0n) is 14.7. The lowest BCUT2D eigenvalue weighted by molar-refractivity contribution is 0.119. The molecule has 0 bridgehead atoms. The number of rotatable bonds is 6. The van der Waals surface area contributed by atoms with Crippen LogP contribution in [-0.2, 0) is 11.2 Å². The second kappa shape index (κ2) is 8.45. The van der Waals surface area contributed by atoms with E-state index in [2.05, 4.69) is 21.7 Å². The maximum atomic E-state index is 12.0. The van der Waals surface area contributed by atoms with E-state index in [0.29, 0.717) is 13.0 Å². The normalized spacial score (nSPS) is 11.8. The lowest BCUT2D eigenvalue weighted by atomic mass is 10.1. The van der Waals surface area contributed by atoms with Crippen LogP contribution >= 0.6 is 0 Å². The van der Waals surface area contributed by atoms with Gasteiger partial charge in [-0.1, -0.05) is 18.2 Å². The highest BCUT2D eigenvalue weighted by Gasteiger charge is 2.07. The summed E-state index contributed by atoms with van der Waals surface area (Å²) in [5.74, 6) is 0. The van der Waals surface area contributed by atoms with E-state index in [9.17, 15) is 4.79 Å². The molecule has 1 unspecified atom stereocenters. The summed E-state index contributed by atoms with van der Waals surface area (Å²) in [7, 11) is 1.67. The number of ether oxygens (including phenoxy) is 1. The van der Waals surface area contributed by atoms with Crippen LogP contribution in [0.5, 0.6) is 0 Å². The van der Waals surface area contributed by atoms with E-state index in [0.717, 1.165) is 28.1 Å². The molecule has 1 aromatic carbocycles. The van der Waals surface area contributed by atoms with E-state index in [4.69, 9.17) is 4.74 Å². The molecule has 0 aliphatic heterocycles. The molecule has 0 spiro atoms. The summed E-state index contributed by atoms with van der Waals surface area (Å²) in [4.78, 5) is 16.4. The van der Waals surface area contributed by atoms with Crippen molar-refractivity contribution in [2.24, 2.45) is 0 Å². The van der Waals surface area contributed by atoms with Gasteiger partial charge >= 0.3 is 6.03 Å². The minimum absolute atomic E-state index is 0.00889. The van der Waals surface area contributed by atoms with Crippen molar-refractivity contribution < 1.29 is 9.53 Å². The molecule has 0 fully saturated rings. The highest BCUT2D eigenvalue weighted by atomic mass is 16.5. The first kappa shape index (κ1) is 17.9. The summed E-state index contributed by atoms with van der Waals surface area (Å²) in [6, 6.07) is 9.53. The van der Waals surface area contributed by atoms with Gasteiger partial charge in [0, 0.05) is 37.7 Å². The Morgan fingerprint density at radius 2 is 2.08 bits per heavy atom. The lowest BCUT2D eigenvalue weighted by Crippen LogP contribution is -2.30. The van der Waals surface area contributed by atoms with Gasteiger partial charge < -0.3 is 15.4 Å². The molecule has 0 aliphatic carbocycles. The van der Waals surface area contributed by atoms with Crippen LogP contribution in [0.4, 0.5) is 10.5 Å². The molecule has 1 heterocycles. The second-order valence-corrected chi connectivity index (χ2v) is 5.91. The molecule has 2 amide bonds. The summed E-state index contributed by atoms with van der Waals surface area (Å²) >= 11 is 0. The van der Waals surface area contributed by atoms with Crippen LogP contribution in [0, 0.1) is 13.8 Å². The number of nitrogens with one attached hydrogen (secondary N) is 2. The maximum Gasteiger partial charge on any atom is 0.319 e. The Labute approximate surface area is 143 Å². The molecular weight excluding hydrogens is 302 g/mol. The molecule has 0 radical (unpaired) electrons. The fourth-order valence-electron chi connectivity index (χ4n) is 2.48. The predicted molar refractivity (Wildman–Crippen MR) is 96.3 cm³/mol. The molecule has 5 nitrogen and oxygen atoms in total. The van der Waals surface area contributed by atoms with Gasteiger partial charge in [0.15, 0.2) is 0 Å². The van der Waals surface area contributed by atoms with Crippen LogP contribution in [-0.4, -0.2) is 24.7 Å². The van der Waals surface area contributed by atoms with Gasteiger partial charge in [0.1, 0.15) is 0 Å². The smallest absolute Gasteiger partial charge is 0.319 e. The fourth-order valence-corrected chi connectivity index (χ4v) is 2.48. The van der Waals surface area contributed by atoms with Crippen molar-refractivity contribution in [2.75, 3.05) is 19.0 Å². The van der Waals surface area contributed by atoms with Crippen molar-refractivity contribution in [1.82, 2.24) is 10.3 Å². The van der Waals surface area contributed by atoms with E-state index in [1.807, 2.05) is 51.2 Å². The van der Waals surface area contributed by atoms with Gasteiger partial charge in [0.2, 0.25) is 0 Å². The van der Waals surface area contributed by atoms with E-state index in [1.165, 1.54) is 0 Å². The molecule has 2 N–H and O–H groups in total. The van der Waals surface area contributed by atoms with E-state index >= 15 is 0 Å². The molecule has 2 rings (SSSR count). The van der Waals surface area contributed by atoms with Crippen molar-refractivity contribution in [2.45, 2.75) is 33.3 Å². The first-order chi connectivity index (χ1) is 11.5. The molecule has 1 atom stereocenters. The van der Waals surface area contributed by atoms with Crippen LogP contribution < -0.4 is 10.6 Å². The molecule has 1 aromatic heterocycles. The molecular formula is C19H25N3O2. The first-order valence-corrected chi connectivity index (χ1v) is 8.09. The highest BCUT2D eigenvalue weighted by Crippen LogP contribution is 2.19. The molecule has 2 aromatic rings. The molecule has 0 aliphatic rings. The number of hydrogen-bond acceptors (Lipinski definition) is 3. The number of benzene rings is 1. The van der Waals surface area contributed by atoms with Crippen LogP contribution in [0.1, 0.15) is 35.4 Å². The number of urea groups is 1. The fraction of sp³-hybridized carbons (Fsp3) is 0.368. The number of amides is 2. The van der Waals surface area contributed by atoms with Gasteiger partial charge in [-0.25, -0.2) is 4.79 Å².